The van der Waals surface area contributed by atoms with E-state index in [2.05, 4.69) is 34.3 Å². The standard InChI is InChI=1S/C14H19N3S/c1-2-11-5-6-13(18-11)12-9-16-14(17-12)7-8-15-10-3-4-10/h5-6,9-10,15H,2-4,7-8H2,1H3,(H,16,17). The third kappa shape index (κ3) is 2.82. The van der Waals surface area contributed by atoms with Crippen LogP contribution >= 0.6 is 11.3 Å². The molecule has 1 aliphatic rings. The van der Waals surface area contributed by atoms with Gasteiger partial charge in [-0.05, 0) is 31.4 Å². The topological polar surface area (TPSA) is 40.7 Å². The fourth-order valence-corrected chi connectivity index (χ4v) is 2.92. The maximum Gasteiger partial charge on any atom is 0.107 e. The van der Waals surface area contributed by atoms with Gasteiger partial charge in [0.1, 0.15) is 5.82 Å². The van der Waals surface area contributed by atoms with Crippen LogP contribution in [-0.4, -0.2) is 22.6 Å². The molecule has 2 aromatic rings. The predicted molar refractivity (Wildman–Crippen MR) is 76.0 cm³/mol. The molecule has 3 nitrogen and oxygen atoms in total. The molecule has 3 rings (SSSR count). The van der Waals surface area contributed by atoms with Crippen LogP contribution in [0, 0.1) is 0 Å². The molecule has 2 aromatic heterocycles. The number of thiophene rings is 1. The van der Waals surface area contributed by atoms with Crippen molar-refractivity contribution in [1.29, 1.82) is 0 Å². The highest BCUT2D eigenvalue weighted by molar-refractivity contribution is 7.15. The summed E-state index contributed by atoms with van der Waals surface area (Å²) in [5.41, 5.74) is 1.15. The van der Waals surface area contributed by atoms with Crippen LogP contribution in [0.25, 0.3) is 10.6 Å². The van der Waals surface area contributed by atoms with E-state index in [1.165, 1.54) is 22.6 Å². The molecule has 0 aromatic carbocycles. The lowest BCUT2D eigenvalue weighted by molar-refractivity contribution is 0.669. The van der Waals surface area contributed by atoms with Crippen LogP contribution in [-0.2, 0) is 12.8 Å². The normalized spacial score (nSPS) is 15.2. The quantitative estimate of drug-likeness (QED) is 0.839. The molecule has 0 atom stereocenters. The number of rotatable bonds is 6. The second kappa shape index (κ2) is 5.24. The average Bonchev–Trinajstić information content (AvgIpc) is 2.92. The zero-order valence-electron chi connectivity index (χ0n) is 10.7. The summed E-state index contributed by atoms with van der Waals surface area (Å²) in [5, 5.41) is 3.51. The van der Waals surface area contributed by atoms with Crippen molar-refractivity contribution in [2.75, 3.05) is 6.54 Å². The van der Waals surface area contributed by atoms with Crippen molar-refractivity contribution in [2.24, 2.45) is 0 Å². The first kappa shape index (κ1) is 11.9. The third-order valence-corrected chi connectivity index (χ3v) is 4.54. The maximum atomic E-state index is 4.46. The Morgan fingerprint density at radius 2 is 2.33 bits per heavy atom. The molecule has 0 radical (unpaired) electrons. The van der Waals surface area contributed by atoms with E-state index in [-0.39, 0.29) is 0 Å². The highest BCUT2D eigenvalue weighted by atomic mass is 32.1. The molecule has 1 saturated carbocycles. The summed E-state index contributed by atoms with van der Waals surface area (Å²) in [6.45, 7) is 3.22. The van der Waals surface area contributed by atoms with E-state index in [0.717, 1.165) is 36.9 Å². The molecule has 18 heavy (non-hydrogen) atoms. The minimum Gasteiger partial charge on any atom is -0.341 e. The van der Waals surface area contributed by atoms with E-state index in [0.29, 0.717) is 0 Å². The van der Waals surface area contributed by atoms with Crippen LogP contribution in [0.15, 0.2) is 18.3 Å². The first-order chi connectivity index (χ1) is 8.85. The van der Waals surface area contributed by atoms with E-state index in [1.807, 2.05) is 17.5 Å². The summed E-state index contributed by atoms with van der Waals surface area (Å²) in [7, 11) is 0. The Morgan fingerprint density at radius 3 is 3.06 bits per heavy atom. The molecule has 4 heteroatoms. The molecule has 0 aliphatic heterocycles. The largest absolute Gasteiger partial charge is 0.341 e. The van der Waals surface area contributed by atoms with E-state index in [1.54, 1.807) is 0 Å². The molecule has 96 valence electrons. The van der Waals surface area contributed by atoms with Crippen molar-refractivity contribution in [3.05, 3.63) is 29.0 Å². The molecule has 1 fully saturated rings. The Hall–Kier alpha value is -1.13. The zero-order valence-corrected chi connectivity index (χ0v) is 11.5. The molecule has 0 bridgehead atoms. The highest BCUT2D eigenvalue weighted by Crippen LogP contribution is 2.27. The van der Waals surface area contributed by atoms with Gasteiger partial charge in [0.15, 0.2) is 0 Å². The molecule has 0 saturated heterocycles. The van der Waals surface area contributed by atoms with Crippen LogP contribution in [0.3, 0.4) is 0 Å². The molecular formula is C14H19N3S. The molecular weight excluding hydrogens is 242 g/mol. The van der Waals surface area contributed by atoms with Crippen molar-refractivity contribution in [2.45, 2.75) is 38.6 Å². The van der Waals surface area contributed by atoms with Gasteiger partial charge < -0.3 is 10.3 Å². The maximum absolute atomic E-state index is 4.46. The summed E-state index contributed by atoms with van der Waals surface area (Å²) in [6.07, 6.45) is 6.74. The Labute approximate surface area is 112 Å². The molecule has 0 unspecified atom stereocenters. The van der Waals surface area contributed by atoms with Crippen molar-refractivity contribution in [3.8, 4) is 10.6 Å². The number of aryl methyl sites for hydroxylation is 1. The number of H-pyrrole nitrogens is 1. The second-order valence-corrected chi connectivity index (χ2v) is 6.01. The van der Waals surface area contributed by atoms with Gasteiger partial charge in [0.05, 0.1) is 16.8 Å². The van der Waals surface area contributed by atoms with E-state index in [4.69, 9.17) is 0 Å². The predicted octanol–water partition coefficient (Wildman–Crippen LogP) is 3.00. The smallest absolute Gasteiger partial charge is 0.107 e. The van der Waals surface area contributed by atoms with Crippen molar-refractivity contribution < 1.29 is 0 Å². The summed E-state index contributed by atoms with van der Waals surface area (Å²) in [6, 6.07) is 5.17. The van der Waals surface area contributed by atoms with Gasteiger partial charge in [-0.2, -0.15) is 0 Å². The number of nitrogens with one attached hydrogen (secondary N) is 2. The van der Waals surface area contributed by atoms with Crippen LogP contribution in [0.1, 0.15) is 30.5 Å². The number of hydrogen-bond donors (Lipinski definition) is 2. The molecule has 2 N–H and O–H groups in total. The first-order valence-corrected chi connectivity index (χ1v) is 7.53. The number of aromatic nitrogens is 2. The van der Waals surface area contributed by atoms with Crippen molar-refractivity contribution in [3.63, 3.8) is 0 Å². The van der Waals surface area contributed by atoms with Gasteiger partial charge in [-0.25, -0.2) is 4.98 Å². The van der Waals surface area contributed by atoms with Crippen LogP contribution in [0.5, 0.6) is 0 Å². The van der Waals surface area contributed by atoms with Gasteiger partial charge in [0.25, 0.3) is 0 Å². The number of nitrogens with zero attached hydrogens (tertiary/aromatic N) is 1. The fraction of sp³-hybridized carbons (Fsp3) is 0.500. The number of hydrogen-bond acceptors (Lipinski definition) is 3. The lowest BCUT2D eigenvalue weighted by Gasteiger charge is -1.99. The summed E-state index contributed by atoms with van der Waals surface area (Å²) < 4.78 is 0. The lowest BCUT2D eigenvalue weighted by atomic mass is 10.3. The Kier molecular flexibility index (Phi) is 3.48. The van der Waals surface area contributed by atoms with Gasteiger partial charge >= 0.3 is 0 Å². The van der Waals surface area contributed by atoms with Gasteiger partial charge in [0, 0.05) is 23.9 Å². The third-order valence-electron chi connectivity index (χ3n) is 3.28. The summed E-state index contributed by atoms with van der Waals surface area (Å²) in [5.74, 6) is 1.09. The van der Waals surface area contributed by atoms with E-state index >= 15 is 0 Å². The fourth-order valence-electron chi connectivity index (χ4n) is 2.01. The number of imidazole rings is 1. The molecule has 1 aliphatic carbocycles. The monoisotopic (exact) mass is 261 g/mol. The van der Waals surface area contributed by atoms with Crippen LogP contribution < -0.4 is 5.32 Å². The van der Waals surface area contributed by atoms with Gasteiger partial charge in [-0.1, -0.05) is 6.92 Å². The SMILES string of the molecule is CCc1ccc(-c2cnc(CCNC3CC3)[nH]2)s1. The lowest BCUT2D eigenvalue weighted by Crippen LogP contribution is -2.19. The van der Waals surface area contributed by atoms with E-state index in [9.17, 15) is 0 Å². The highest BCUT2D eigenvalue weighted by Gasteiger charge is 2.19. The minimum atomic E-state index is 0.781. The molecule has 0 amide bonds. The summed E-state index contributed by atoms with van der Waals surface area (Å²) in [4.78, 5) is 10.6. The van der Waals surface area contributed by atoms with E-state index < -0.39 is 0 Å². The zero-order chi connectivity index (χ0) is 12.4. The average molecular weight is 261 g/mol. The molecule has 0 spiro atoms. The van der Waals surface area contributed by atoms with Gasteiger partial charge in [-0.15, -0.1) is 11.3 Å². The molecule has 2 heterocycles. The minimum absolute atomic E-state index is 0.781. The number of aromatic amines is 1. The second-order valence-electron chi connectivity index (χ2n) is 4.84. The van der Waals surface area contributed by atoms with Gasteiger partial charge in [0.2, 0.25) is 0 Å². The first-order valence-electron chi connectivity index (χ1n) is 6.71. The Bertz CT molecular complexity index is 511. The van der Waals surface area contributed by atoms with Crippen LogP contribution in [0.2, 0.25) is 0 Å². The van der Waals surface area contributed by atoms with Gasteiger partial charge in [-0.3, -0.25) is 0 Å². The van der Waals surface area contributed by atoms with Crippen molar-refractivity contribution >= 4 is 11.3 Å². The van der Waals surface area contributed by atoms with Crippen molar-refractivity contribution in [1.82, 2.24) is 15.3 Å². The Balaban J connectivity index is 1.60. The Morgan fingerprint density at radius 1 is 1.44 bits per heavy atom. The summed E-state index contributed by atoms with van der Waals surface area (Å²) >= 11 is 1.85. The van der Waals surface area contributed by atoms with Crippen LogP contribution in [0.4, 0.5) is 0 Å².